The topological polar surface area (TPSA) is 83.8 Å². The first-order valence-electron chi connectivity index (χ1n) is 5.86. The molecule has 0 saturated carbocycles. The highest BCUT2D eigenvalue weighted by atomic mass is 16.1. The quantitative estimate of drug-likeness (QED) is 0.761. The van der Waals surface area contributed by atoms with Crippen LogP contribution in [0.5, 0.6) is 0 Å². The van der Waals surface area contributed by atoms with Gasteiger partial charge in [-0.1, -0.05) is 31.2 Å². The van der Waals surface area contributed by atoms with E-state index in [1.165, 1.54) is 11.6 Å². The number of hydrogen-bond donors (Lipinski definition) is 3. The molecular weight excluding hydrogens is 228 g/mol. The van der Waals surface area contributed by atoms with Gasteiger partial charge in [0, 0.05) is 12.6 Å². The number of nitrogens with zero attached hydrogens (tertiary/aromatic N) is 1. The Labute approximate surface area is 105 Å². The van der Waals surface area contributed by atoms with E-state index in [0.29, 0.717) is 18.1 Å². The van der Waals surface area contributed by atoms with Crippen molar-refractivity contribution in [3.63, 3.8) is 0 Å². The molecular formula is C13H16N4O. The summed E-state index contributed by atoms with van der Waals surface area (Å²) in [6.07, 6.45) is 1.01. The largest absolute Gasteiger partial charge is 0.382 e. The fourth-order valence-electron chi connectivity index (χ4n) is 1.62. The molecule has 0 bridgehead atoms. The predicted molar refractivity (Wildman–Crippen MR) is 70.0 cm³/mol. The molecule has 0 aliphatic heterocycles. The second kappa shape index (κ2) is 5.35. The van der Waals surface area contributed by atoms with Crippen molar-refractivity contribution in [3.8, 4) is 0 Å². The van der Waals surface area contributed by atoms with E-state index < -0.39 is 0 Å². The normalized spacial score (nSPS) is 10.3. The van der Waals surface area contributed by atoms with E-state index in [1.807, 2.05) is 12.1 Å². The Morgan fingerprint density at radius 2 is 2.00 bits per heavy atom. The number of nitrogen functional groups attached to an aromatic ring is 1. The van der Waals surface area contributed by atoms with E-state index in [-0.39, 0.29) is 5.91 Å². The van der Waals surface area contributed by atoms with Crippen LogP contribution in [0.3, 0.4) is 0 Å². The zero-order chi connectivity index (χ0) is 13.0. The van der Waals surface area contributed by atoms with Gasteiger partial charge in [0.05, 0.1) is 0 Å². The summed E-state index contributed by atoms with van der Waals surface area (Å²) in [5.41, 5.74) is 8.15. The Balaban J connectivity index is 1.92. The van der Waals surface area contributed by atoms with Crippen molar-refractivity contribution < 1.29 is 4.79 Å². The van der Waals surface area contributed by atoms with Crippen molar-refractivity contribution >= 4 is 11.7 Å². The monoisotopic (exact) mass is 244 g/mol. The number of carbonyl (C=O) groups is 1. The highest BCUT2D eigenvalue weighted by Crippen LogP contribution is 2.05. The molecule has 5 heteroatoms. The number of aromatic nitrogens is 2. The highest BCUT2D eigenvalue weighted by Gasteiger charge is 2.07. The minimum Gasteiger partial charge on any atom is -0.382 e. The van der Waals surface area contributed by atoms with Crippen LogP contribution >= 0.6 is 0 Å². The molecule has 94 valence electrons. The summed E-state index contributed by atoms with van der Waals surface area (Å²) in [6.45, 7) is 2.60. The Morgan fingerprint density at radius 1 is 1.33 bits per heavy atom. The molecule has 0 saturated heterocycles. The molecule has 0 atom stereocenters. The van der Waals surface area contributed by atoms with Gasteiger partial charge in [0.2, 0.25) is 0 Å². The fourth-order valence-corrected chi connectivity index (χ4v) is 1.62. The molecule has 2 aromatic rings. The Kier molecular flexibility index (Phi) is 3.62. The van der Waals surface area contributed by atoms with Crippen LogP contribution in [0.25, 0.3) is 0 Å². The molecule has 18 heavy (non-hydrogen) atoms. The first-order valence-corrected chi connectivity index (χ1v) is 5.86. The standard InChI is InChI=1S/C13H16N4O/c1-2-9-3-5-10(6-4-9)8-15-13(18)11-7-12(14)17-16-11/h3-7H,2,8H2,1H3,(H,15,18)(H3,14,16,17). The average molecular weight is 244 g/mol. The number of carbonyl (C=O) groups excluding carboxylic acids is 1. The second-order valence-corrected chi connectivity index (χ2v) is 4.06. The number of amides is 1. The first-order chi connectivity index (χ1) is 8.69. The smallest absolute Gasteiger partial charge is 0.269 e. The van der Waals surface area contributed by atoms with Crippen LogP contribution in [0.15, 0.2) is 30.3 Å². The summed E-state index contributed by atoms with van der Waals surface area (Å²) in [4.78, 5) is 11.7. The third kappa shape index (κ3) is 2.88. The molecule has 1 aromatic carbocycles. The summed E-state index contributed by atoms with van der Waals surface area (Å²) < 4.78 is 0. The zero-order valence-corrected chi connectivity index (χ0v) is 10.2. The maximum Gasteiger partial charge on any atom is 0.269 e. The van der Waals surface area contributed by atoms with Gasteiger partial charge in [0.1, 0.15) is 11.5 Å². The van der Waals surface area contributed by atoms with Gasteiger partial charge < -0.3 is 11.1 Å². The van der Waals surface area contributed by atoms with Crippen LogP contribution < -0.4 is 11.1 Å². The van der Waals surface area contributed by atoms with Gasteiger partial charge in [0.15, 0.2) is 0 Å². The highest BCUT2D eigenvalue weighted by molar-refractivity contribution is 5.92. The molecule has 0 aliphatic carbocycles. The summed E-state index contributed by atoms with van der Waals surface area (Å²) in [7, 11) is 0. The fraction of sp³-hybridized carbons (Fsp3) is 0.231. The number of rotatable bonds is 4. The number of nitrogens with one attached hydrogen (secondary N) is 2. The number of nitrogens with two attached hydrogens (primary N) is 1. The van der Waals surface area contributed by atoms with Crippen LogP contribution in [-0.2, 0) is 13.0 Å². The van der Waals surface area contributed by atoms with Gasteiger partial charge >= 0.3 is 0 Å². The van der Waals surface area contributed by atoms with E-state index in [4.69, 9.17) is 5.73 Å². The van der Waals surface area contributed by atoms with Gasteiger partial charge in [-0.25, -0.2) is 0 Å². The van der Waals surface area contributed by atoms with Crippen molar-refractivity contribution in [1.82, 2.24) is 15.5 Å². The Bertz CT molecular complexity index is 530. The van der Waals surface area contributed by atoms with Crippen LogP contribution in [0.1, 0.15) is 28.5 Å². The lowest BCUT2D eigenvalue weighted by Crippen LogP contribution is -2.23. The van der Waals surface area contributed by atoms with E-state index in [9.17, 15) is 4.79 Å². The minimum atomic E-state index is -0.209. The maximum absolute atomic E-state index is 11.7. The summed E-state index contributed by atoms with van der Waals surface area (Å²) in [5.74, 6) is 0.103. The van der Waals surface area contributed by atoms with Gasteiger partial charge in [-0.15, -0.1) is 0 Å². The van der Waals surface area contributed by atoms with Gasteiger partial charge in [-0.05, 0) is 17.5 Å². The number of benzene rings is 1. The molecule has 0 spiro atoms. The molecule has 0 fully saturated rings. The van der Waals surface area contributed by atoms with E-state index in [0.717, 1.165) is 12.0 Å². The van der Waals surface area contributed by atoms with Crippen molar-refractivity contribution in [3.05, 3.63) is 47.2 Å². The van der Waals surface area contributed by atoms with E-state index >= 15 is 0 Å². The van der Waals surface area contributed by atoms with Gasteiger partial charge in [0.25, 0.3) is 5.91 Å². The van der Waals surface area contributed by atoms with Crippen LogP contribution in [0.4, 0.5) is 5.82 Å². The molecule has 2 rings (SSSR count). The lowest BCUT2D eigenvalue weighted by atomic mass is 10.1. The Hall–Kier alpha value is -2.30. The van der Waals surface area contributed by atoms with Crippen LogP contribution in [0.2, 0.25) is 0 Å². The van der Waals surface area contributed by atoms with Crippen molar-refractivity contribution in [2.75, 3.05) is 5.73 Å². The van der Waals surface area contributed by atoms with Crippen molar-refractivity contribution in [2.24, 2.45) is 0 Å². The zero-order valence-electron chi connectivity index (χ0n) is 10.2. The summed E-state index contributed by atoms with van der Waals surface area (Å²) >= 11 is 0. The molecule has 4 N–H and O–H groups in total. The van der Waals surface area contributed by atoms with Crippen LogP contribution in [0, 0.1) is 0 Å². The Morgan fingerprint density at radius 3 is 2.56 bits per heavy atom. The van der Waals surface area contributed by atoms with Gasteiger partial charge in [-0.3, -0.25) is 9.89 Å². The van der Waals surface area contributed by atoms with E-state index in [1.54, 1.807) is 0 Å². The molecule has 0 unspecified atom stereocenters. The molecule has 1 aromatic heterocycles. The first kappa shape index (κ1) is 12.2. The number of anilines is 1. The third-order valence-electron chi connectivity index (χ3n) is 2.73. The molecule has 1 amide bonds. The second-order valence-electron chi connectivity index (χ2n) is 4.06. The van der Waals surface area contributed by atoms with Crippen molar-refractivity contribution in [2.45, 2.75) is 19.9 Å². The molecule has 5 nitrogen and oxygen atoms in total. The predicted octanol–water partition coefficient (Wildman–Crippen LogP) is 1.48. The molecule has 0 radical (unpaired) electrons. The third-order valence-corrected chi connectivity index (χ3v) is 2.73. The SMILES string of the molecule is CCc1ccc(CNC(=O)c2cc(N)n[nH]2)cc1. The lowest BCUT2D eigenvalue weighted by Gasteiger charge is -2.04. The number of aryl methyl sites for hydroxylation is 1. The number of aromatic amines is 1. The summed E-state index contributed by atoms with van der Waals surface area (Å²) in [5, 5.41) is 9.08. The molecule has 0 aliphatic rings. The number of hydrogen-bond acceptors (Lipinski definition) is 3. The summed E-state index contributed by atoms with van der Waals surface area (Å²) in [6, 6.07) is 9.67. The number of H-pyrrole nitrogens is 1. The van der Waals surface area contributed by atoms with Crippen molar-refractivity contribution in [1.29, 1.82) is 0 Å². The molecule has 1 heterocycles. The van der Waals surface area contributed by atoms with E-state index in [2.05, 4.69) is 34.6 Å². The maximum atomic E-state index is 11.7. The lowest BCUT2D eigenvalue weighted by molar-refractivity contribution is 0.0946. The average Bonchev–Trinajstić information content (AvgIpc) is 2.83. The minimum absolute atomic E-state index is 0.209. The van der Waals surface area contributed by atoms with Gasteiger partial charge in [-0.2, -0.15) is 5.10 Å². The van der Waals surface area contributed by atoms with Crippen LogP contribution in [-0.4, -0.2) is 16.1 Å².